The van der Waals surface area contributed by atoms with Gasteiger partial charge < -0.3 is 0 Å². The van der Waals surface area contributed by atoms with E-state index >= 15 is 0 Å². The van der Waals surface area contributed by atoms with Crippen molar-refractivity contribution in [2.24, 2.45) is 0 Å². The molecule has 27 valence electrons. The predicted octanol–water partition coefficient (Wildman–Crippen LogP) is -0.243. The molecule has 1 radical (unpaired) electrons. The van der Waals surface area contributed by atoms with Crippen molar-refractivity contribution >= 4 is 0 Å². The van der Waals surface area contributed by atoms with E-state index in [4.69, 9.17) is 7.79 Å². The van der Waals surface area contributed by atoms with Crippen LogP contribution in [-0.4, -0.2) is 0 Å². The summed E-state index contributed by atoms with van der Waals surface area (Å²) in [6, 6.07) is 0. The maximum Gasteiger partial charge on any atom is 0 e. The van der Waals surface area contributed by atoms with Gasteiger partial charge in [-0.05, 0) is 0 Å². The second kappa shape index (κ2) is 9.37. The van der Waals surface area contributed by atoms with Gasteiger partial charge in [-0.3, -0.25) is 0 Å². The summed E-state index contributed by atoms with van der Waals surface area (Å²) >= 11 is -0.875. The zero-order chi connectivity index (χ0) is 2.71. The van der Waals surface area contributed by atoms with Gasteiger partial charge in [0.2, 0.25) is 0 Å². The van der Waals surface area contributed by atoms with E-state index in [0.717, 1.165) is 0 Å². The number of hydrogen-bond donors (Lipinski definition) is 0. The Morgan fingerprint density at radius 1 is 1.25 bits per heavy atom. The van der Waals surface area contributed by atoms with Crippen LogP contribution in [0.2, 0.25) is 0 Å². The minimum Gasteiger partial charge on any atom is 0 e. The molecule has 0 atom stereocenters. The summed E-state index contributed by atoms with van der Waals surface area (Å²) in [5.41, 5.74) is 0. The molecule has 0 amide bonds. The minimum atomic E-state index is -0.875. The van der Waals surface area contributed by atoms with Crippen LogP contribution in [0.5, 0.6) is 0 Å². The van der Waals surface area contributed by atoms with Crippen molar-refractivity contribution in [2.45, 2.75) is 0 Å². The van der Waals surface area contributed by atoms with Gasteiger partial charge in [0.05, 0.1) is 0 Å². The Labute approximate surface area is 41.0 Å². The van der Waals surface area contributed by atoms with Crippen molar-refractivity contribution in [1.82, 2.24) is 0 Å². The average Bonchev–Trinajstić information content (AvgIpc) is 0.918. The molecule has 0 fully saturated rings. The molecule has 0 aliphatic carbocycles. The number of hydrogen-bond acceptors (Lipinski definition) is 2. The predicted molar refractivity (Wildman–Crippen MR) is 1.37 cm³/mol. The molecule has 4 heteroatoms. The summed E-state index contributed by atoms with van der Waals surface area (Å²) in [4.78, 5) is 0. The molecular weight excluding hydrogens is 142 g/mol. The third kappa shape index (κ3) is 16.4. The fourth-order valence-electron chi connectivity index (χ4n) is 0. The van der Waals surface area contributed by atoms with E-state index in [2.05, 4.69) is 0 Å². The third-order valence-electron chi connectivity index (χ3n) is 0. The van der Waals surface area contributed by atoms with E-state index in [0.29, 0.717) is 0 Å². The Hall–Kier alpha value is 0.678. The Balaban J connectivity index is 0. The van der Waals surface area contributed by atoms with Gasteiger partial charge in [0.25, 0.3) is 0 Å². The van der Waals surface area contributed by atoms with Crippen LogP contribution in [0.1, 0.15) is 0 Å². The first-order chi connectivity index (χ1) is 1.41. The van der Waals surface area contributed by atoms with Crippen LogP contribution in [0.15, 0.2) is 0 Å². The quantitative estimate of drug-likeness (QED) is 0.437. The SMILES string of the molecule is [O]=[Ni]=[O].[V]. The molecule has 0 saturated carbocycles. The van der Waals surface area contributed by atoms with E-state index in [-0.39, 0.29) is 18.6 Å². The molecule has 0 bridgehead atoms. The molecule has 0 aromatic carbocycles. The number of rotatable bonds is 0. The minimum absolute atomic E-state index is 0. The van der Waals surface area contributed by atoms with Gasteiger partial charge in [0, 0.05) is 18.6 Å². The van der Waals surface area contributed by atoms with E-state index in [9.17, 15) is 0 Å². The van der Waals surface area contributed by atoms with Crippen molar-refractivity contribution in [3.63, 3.8) is 0 Å². The largest absolute Gasteiger partial charge is 0 e. The molecule has 0 unspecified atom stereocenters. The van der Waals surface area contributed by atoms with Gasteiger partial charge in [0.15, 0.2) is 0 Å². The van der Waals surface area contributed by atoms with Crippen molar-refractivity contribution in [3.8, 4) is 0 Å². The molecule has 2 nitrogen and oxygen atoms in total. The first kappa shape index (κ1) is 8.82. The summed E-state index contributed by atoms with van der Waals surface area (Å²) in [5.74, 6) is 0. The van der Waals surface area contributed by atoms with E-state index < -0.39 is 14.3 Å². The molecule has 0 N–H and O–H groups in total. The summed E-state index contributed by atoms with van der Waals surface area (Å²) in [7, 11) is 0. The third-order valence-corrected chi connectivity index (χ3v) is 0. The standard InChI is InChI=1S/Ni.2O.V. The molecule has 0 spiro atoms. The molecule has 0 saturated heterocycles. The molecule has 0 aromatic rings. The second-order valence-electron chi connectivity index (χ2n) is 0.0527. The fraction of sp³-hybridized carbons (Fsp3) is 0. The molecule has 0 aliphatic heterocycles. The first-order valence-electron chi connectivity index (χ1n) is 0.258. The van der Waals surface area contributed by atoms with Crippen molar-refractivity contribution in [1.29, 1.82) is 0 Å². The zero-order valence-electron chi connectivity index (χ0n) is 1.58. The molecule has 0 aromatic heterocycles. The monoisotopic (exact) mass is 141 g/mol. The van der Waals surface area contributed by atoms with Crippen LogP contribution in [0, 0.1) is 0 Å². The van der Waals surface area contributed by atoms with E-state index in [1.807, 2.05) is 0 Å². The summed E-state index contributed by atoms with van der Waals surface area (Å²) in [6.07, 6.45) is 0. The molecule has 0 heterocycles. The Morgan fingerprint density at radius 2 is 1.25 bits per heavy atom. The van der Waals surface area contributed by atoms with Crippen molar-refractivity contribution < 1.29 is 40.6 Å². The molecule has 4 heavy (non-hydrogen) atoms. The Kier molecular flexibility index (Phi) is 20.7. The first-order valence-corrected chi connectivity index (χ1v) is 1.06. The molecule has 0 rings (SSSR count). The maximum atomic E-state index is 8.31. The van der Waals surface area contributed by atoms with Gasteiger partial charge in [-0.2, -0.15) is 0 Å². The molecule has 0 aliphatic rings. The summed E-state index contributed by atoms with van der Waals surface area (Å²) < 4.78 is 16.6. The van der Waals surface area contributed by atoms with Crippen molar-refractivity contribution in [3.05, 3.63) is 0 Å². The Bertz CT molecular complexity index is 27.0. The summed E-state index contributed by atoms with van der Waals surface area (Å²) in [5, 5.41) is 0. The van der Waals surface area contributed by atoms with Crippen LogP contribution in [0.4, 0.5) is 0 Å². The van der Waals surface area contributed by atoms with E-state index in [1.165, 1.54) is 0 Å². The van der Waals surface area contributed by atoms with Crippen LogP contribution < -0.4 is 0 Å². The fourth-order valence-corrected chi connectivity index (χ4v) is 0. The van der Waals surface area contributed by atoms with Crippen LogP contribution in [0.25, 0.3) is 0 Å². The normalized spacial score (nSPS) is 5.00. The maximum absolute atomic E-state index is 8.31. The van der Waals surface area contributed by atoms with Gasteiger partial charge in [0.1, 0.15) is 0 Å². The average molecular weight is 142 g/mol. The van der Waals surface area contributed by atoms with Crippen molar-refractivity contribution in [2.75, 3.05) is 0 Å². The van der Waals surface area contributed by atoms with Gasteiger partial charge >= 0.3 is 22.1 Å². The molecular formula is NiO2V. The van der Waals surface area contributed by atoms with Gasteiger partial charge in [-0.25, -0.2) is 0 Å². The van der Waals surface area contributed by atoms with Gasteiger partial charge in [-0.1, -0.05) is 0 Å². The summed E-state index contributed by atoms with van der Waals surface area (Å²) in [6.45, 7) is 0. The second-order valence-corrected chi connectivity index (χ2v) is 0.217. The zero-order valence-corrected chi connectivity index (χ0v) is 3.96. The Morgan fingerprint density at radius 3 is 1.25 bits per heavy atom. The van der Waals surface area contributed by atoms with E-state index in [1.54, 1.807) is 0 Å². The van der Waals surface area contributed by atoms with Crippen LogP contribution >= 0.6 is 0 Å². The topological polar surface area (TPSA) is 34.1 Å². The van der Waals surface area contributed by atoms with Crippen LogP contribution in [0.3, 0.4) is 0 Å². The van der Waals surface area contributed by atoms with Gasteiger partial charge in [-0.15, -0.1) is 0 Å². The smallest absolute Gasteiger partial charge is 0 e. The van der Waals surface area contributed by atoms with Crippen LogP contribution in [-0.2, 0) is 40.6 Å².